The molecular weight excluding hydrogens is 326 g/mol. The summed E-state index contributed by atoms with van der Waals surface area (Å²) in [6.45, 7) is 0.336. The van der Waals surface area contributed by atoms with E-state index in [9.17, 15) is 4.79 Å². The molecule has 0 bridgehead atoms. The van der Waals surface area contributed by atoms with Gasteiger partial charge in [0.25, 0.3) is 0 Å². The van der Waals surface area contributed by atoms with Crippen molar-refractivity contribution in [3.05, 3.63) is 70.8 Å². The van der Waals surface area contributed by atoms with Gasteiger partial charge in [-0.25, -0.2) is 0 Å². The zero-order valence-electron chi connectivity index (χ0n) is 13.7. The Morgan fingerprint density at radius 3 is 2.58 bits per heavy atom. The standard InChI is InChI=1S/C19H20ClNO3/c1-23-17-10-6-4-8-15(17)18(24-2)13-21-19(22)12-11-14-7-3-5-9-16(14)20/h3-12,18H,13H2,1-2H3,(H,21,22). The molecule has 0 aromatic heterocycles. The smallest absolute Gasteiger partial charge is 0.244 e. The molecule has 2 rings (SSSR count). The minimum absolute atomic E-state index is 0.216. The average Bonchev–Trinajstić information content (AvgIpc) is 2.62. The van der Waals surface area contributed by atoms with Gasteiger partial charge < -0.3 is 14.8 Å². The quantitative estimate of drug-likeness (QED) is 0.775. The van der Waals surface area contributed by atoms with E-state index in [1.54, 1.807) is 26.4 Å². The minimum Gasteiger partial charge on any atom is -0.496 e. The fourth-order valence-electron chi connectivity index (χ4n) is 2.28. The molecule has 1 amide bonds. The highest BCUT2D eigenvalue weighted by atomic mass is 35.5. The first kappa shape index (κ1) is 18.0. The van der Waals surface area contributed by atoms with Crippen LogP contribution >= 0.6 is 11.6 Å². The Morgan fingerprint density at radius 1 is 1.17 bits per heavy atom. The van der Waals surface area contributed by atoms with Crippen LogP contribution in [0.25, 0.3) is 6.08 Å². The van der Waals surface area contributed by atoms with Crippen molar-refractivity contribution in [2.24, 2.45) is 0 Å². The van der Waals surface area contributed by atoms with Crippen LogP contribution in [0.3, 0.4) is 0 Å². The third kappa shape index (κ3) is 4.85. The van der Waals surface area contributed by atoms with E-state index in [1.165, 1.54) is 6.08 Å². The highest BCUT2D eigenvalue weighted by Gasteiger charge is 2.15. The molecule has 1 atom stereocenters. The van der Waals surface area contributed by atoms with Gasteiger partial charge in [-0.3, -0.25) is 4.79 Å². The summed E-state index contributed by atoms with van der Waals surface area (Å²) in [6, 6.07) is 14.9. The third-order valence-corrected chi connectivity index (χ3v) is 3.90. The highest BCUT2D eigenvalue weighted by molar-refractivity contribution is 6.32. The molecule has 4 nitrogen and oxygen atoms in total. The first-order chi connectivity index (χ1) is 11.7. The summed E-state index contributed by atoms with van der Waals surface area (Å²) in [5, 5.41) is 3.43. The van der Waals surface area contributed by atoms with Gasteiger partial charge in [-0.05, 0) is 23.8 Å². The number of amides is 1. The topological polar surface area (TPSA) is 47.6 Å². The fraction of sp³-hybridized carbons (Fsp3) is 0.211. The molecule has 0 aliphatic heterocycles. The number of hydrogen-bond donors (Lipinski definition) is 1. The van der Waals surface area contributed by atoms with Crippen molar-refractivity contribution in [2.45, 2.75) is 6.10 Å². The first-order valence-corrected chi connectivity index (χ1v) is 7.89. The molecule has 0 saturated carbocycles. The van der Waals surface area contributed by atoms with Gasteiger partial charge >= 0.3 is 0 Å². The van der Waals surface area contributed by atoms with Crippen molar-refractivity contribution >= 4 is 23.6 Å². The number of para-hydroxylation sites is 1. The number of nitrogens with one attached hydrogen (secondary N) is 1. The van der Waals surface area contributed by atoms with Gasteiger partial charge in [0.1, 0.15) is 11.9 Å². The van der Waals surface area contributed by atoms with Gasteiger partial charge in [0.2, 0.25) is 5.91 Å². The molecule has 0 radical (unpaired) electrons. The van der Waals surface area contributed by atoms with E-state index in [-0.39, 0.29) is 12.0 Å². The average molecular weight is 346 g/mol. The van der Waals surface area contributed by atoms with Gasteiger partial charge in [0.15, 0.2) is 0 Å². The lowest BCUT2D eigenvalue weighted by atomic mass is 10.1. The van der Waals surface area contributed by atoms with E-state index >= 15 is 0 Å². The van der Waals surface area contributed by atoms with Crippen LogP contribution in [-0.2, 0) is 9.53 Å². The number of halogens is 1. The lowest BCUT2D eigenvalue weighted by Gasteiger charge is -2.18. The first-order valence-electron chi connectivity index (χ1n) is 7.52. The highest BCUT2D eigenvalue weighted by Crippen LogP contribution is 2.26. The molecular formula is C19H20ClNO3. The van der Waals surface area contributed by atoms with Crippen molar-refractivity contribution in [1.82, 2.24) is 5.32 Å². The van der Waals surface area contributed by atoms with E-state index in [2.05, 4.69) is 5.32 Å². The van der Waals surface area contributed by atoms with Crippen LogP contribution < -0.4 is 10.1 Å². The molecule has 0 aliphatic rings. The van der Waals surface area contributed by atoms with Gasteiger partial charge in [-0.2, -0.15) is 0 Å². The Labute approximate surface area is 147 Å². The minimum atomic E-state index is -0.293. The summed E-state index contributed by atoms with van der Waals surface area (Å²) in [6.07, 6.45) is 2.84. The van der Waals surface area contributed by atoms with Crippen LogP contribution in [0, 0.1) is 0 Å². The van der Waals surface area contributed by atoms with Crippen molar-refractivity contribution in [1.29, 1.82) is 0 Å². The molecule has 0 saturated heterocycles. The largest absolute Gasteiger partial charge is 0.496 e. The second-order valence-electron chi connectivity index (χ2n) is 5.07. The Balaban J connectivity index is 1.98. The monoisotopic (exact) mass is 345 g/mol. The maximum absolute atomic E-state index is 12.0. The Morgan fingerprint density at radius 2 is 1.88 bits per heavy atom. The molecule has 0 fully saturated rings. The SMILES string of the molecule is COc1ccccc1C(CNC(=O)C=Cc1ccccc1Cl)OC. The van der Waals surface area contributed by atoms with Crippen LogP contribution in [0.4, 0.5) is 0 Å². The van der Waals surface area contributed by atoms with E-state index in [1.807, 2.05) is 42.5 Å². The maximum atomic E-state index is 12.0. The third-order valence-electron chi connectivity index (χ3n) is 3.55. The predicted molar refractivity (Wildman–Crippen MR) is 96.2 cm³/mol. The summed E-state index contributed by atoms with van der Waals surface area (Å²) in [5.74, 6) is 0.511. The summed E-state index contributed by atoms with van der Waals surface area (Å²) < 4.78 is 10.8. The van der Waals surface area contributed by atoms with Gasteiger partial charge in [0.05, 0.1) is 7.11 Å². The van der Waals surface area contributed by atoms with Gasteiger partial charge in [-0.1, -0.05) is 48.0 Å². The maximum Gasteiger partial charge on any atom is 0.244 e. The van der Waals surface area contributed by atoms with E-state index in [4.69, 9.17) is 21.1 Å². The van der Waals surface area contributed by atoms with Gasteiger partial charge in [-0.15, -0.1) is 0 Å². The Kier molecular flexibility index (Phi) is 6.85. The molecule has 5 heteroatoms. The zero-order chi connectivity index (χ0) is 17.4. The lowest BCUT2D eigenvalue weighted by Crippen LogP contribution is -2.27. The summed E-state index contributed by atoms with van der Waals surface area (Å²) in [4.78, 5) is 12.0. The molecule has 2 aromatic rings. The van der Waals surface area contributed by atoms with Crippen molar-refractivity contribution in [2.75, 3.05) is 20.8 Å². The normalized spacial score (nSPS) is 12.1. The van der Waals surface area contributed by atoms with E-state index in [0.29, 0.717) is 11.6 Å². The summed E-state index contributed by atoms with van der Waals surface area (Å²) >= 11 is 6.05. The molecule has 1 unspecified atom stereocenters. The van der Waals surface area contributed by atoms with Crippen LogP contribution in [0.15, 0.2) is 54.6 Å². The second-order valence-corrected chi connectivity index (χ2v) is 5.47. The van der Waals surface area contributed by atoms with Crippen molar-refractivity contribution in [3.8, 4) is 5.75 Å². The van der Waals surface area contributed by atoms with E-state index < -0.39 is 0 Å². The molecule has 0 heterocycles. The van der Waals surface area contributed by atoms with Crippen LogP contribution in [0.5, 0.6) is 5.75 Å². The van der Waals surface area contributed by atoms with Crippen LogP contribution in [0.1, 0.15) is 17.2 Å². The van der Waals surface area contributed by atoms with E-state index in [0.717, 1.165) is 16.9 Å². The number of methoxy groups -OCH3 is 2. The number of carbonyl (C=O) groups is 1. The lowest BCUT2D eigenvalue weighted by molar-refractivity contribution is -0.117. The number of rotatable bonds is 7. The fourth-order valence-corrected chi connectivity index (χ4v) is 2.48. The molecule has 24 heavy (non-hydrogen) atoms. The Bertz CT molecular complexity index is 715. The zero-order valence-corrected chi connectivity index (χ0v) is 14.4. The number of carbonyl (C=O) groups excluding carboxylic acids is 1. The Hall–Kier alpha value is -2.30. The summed E-state index contributed by atoms with van der Waals surface area (Å²) in [5.41, 5.74) is 1.68. The molecule has 2 aromatic carbocycles. The number of hydrogen-bond acceptors (Lipinski definition) is 3. The number of benzene rings is 2. The molecule has 126 valence electrons. The van der Waals surface area contributed by atoms with Crippen molar-refractivity contribution in [3.63, 3.8) is 0 Å². The molecule has 0 spiro atoms. The van der Waals surface area contributed by atoms with Crippen LogP contribution in [-0.4, -0.2) is 26.7 Å². The molecule has 0 aliphatic carbocycles. The summed E-state index contributed by atoms with van der Waals surface area (Å²) in [7, 11) is 3.21. The predicted octanol–water partition coefficient (Wildman–Crippen LogP) is 3.87. The molecule has 1 N–H and O–H groups in total. The second kappa shape index (κ2) is 9.11. The van der Waals surface area contributed by atoms with Crippen molar-refractivity contribution < 1.29 is 14.3 Å². The van der Waals surface area contributed by atoms with Gasteiger partial charge in [0, 0.05) is 30.3 Å². The number of ether oxygens (including phenoxy) is 2. The van der Waals surface area contributed by atoms with Crippen LogP contribution in [0.2, 0.25) is 5.02 Å².